The van der Waals surface area contributed by atoms with E-state index in [2.05, 4.69) is 37.3 Å². The van der Waals surface area contributed by atoms with Crippen LogP contribution in [-0.2, 0) is 17.1 Å². The van der Waals surface area contributed by atoms with Gasteiger partial charge in [-0.15, -0.1) is 0 Å². The molecule has 0 heterocycles. The Kier molecular flexibility index (Phi) is 4.78. The maximum atomic E-state index is 2.38. The molecule has 0 bridgehead atoms. The van der Waals surface area contributed by atoms with Gasteiger partial charge in [0.1, 0.15) is 0 Å². The van der Waals surface area contributed by atoms with Crippen molar-refractivity contribution in [2.24, 2.45) is 0 Å². The van der Waals surface area contributed by atoms with Crippen molar-refractivity contribution in [1.82, 2.24) is 0 Å². The molecular formula is C15H20Ru. The van der Waals surface area contributed by atoms with E-state index in [9.17, 15) is 0 Å². The van der Waals surface area contributed by atoms with Crippen molar-refractivity contribution >= 4 is 0 Å². The van der Waals surface area contributed by atoms with Gasteiger partial charge in [-0.25, -0.2) is 0 Å². The zero-order valence-corrected chi connectivity index (χ0v) is 11.7. The van der Waals surface area contributed by atoms with Crippen LogP contribution in [0.4, 0.5) is 0 Å². The first-order valence-electron chi connectivity index (χ1n) is 6.27. The van der Waals surface area contributed by atoms with Gasteiger partial charge >= 0.3 is 107 Å². The number of rotatable bonds is 6. The molecule has 16 heavy (non-hydrogen) atoms. The van der Waals surface area contributed by atoms with E-state index in [0.717, 1.165) is 0 Å². The Hall–Kier alpha value is -0.417. The van der Waals surface area contributed by atoms with Gasteiger partial charge in [-0.3, -0.25) is 0 Å². The molecule has 0 N–H and O–H groups in total. The normalized spacial score (nSPS) is 18.9. The van der Waals surface area contributed by atoms with Crippen LogP contribution in [0.5, 0.6) is 0 Å². The summed E-state index contributed by atoms with van der Waals surface area (Å²) >= 11 is 0.360. The standard InChI is InChI=1S/C10H15.C5H5.Ru/c1-2-3-4-7-10-8-5-6-9-10;1-2-4-5-3-1;/h5,8H,2-4,6-7H2,1H3;1-3H,4H2;. The summed E-state index contributed by atoms with van der Waals surface area (Å²) in [7, 11) is 0. The minimum absolute atomic E-state index is 0.360. The molecule has 0 aromatic carbocycles. The molecule has 0 aromatic heterocycles. The molecule has 0 amide bonds. The maximum absolute atomic E-state index is 2.38. The Morgan fingerprint density at radius 3 is 2.88 bits per heavy atom. The van der Waals surface area contributed by atoms with Crippen LogP contribution < -0.4 is 0 Å². The van der Waals surface area contributed by atoms with Gasteiger partial charge < -0.3 is 0 Å². The second-order valence-electron chi connectivity index (χ2n) is 4.30. The molecule has 88 valence electrons. The monoisotopic (exact) mass is 302 g/mol. The zero-order valence-electron chi connectivity index (χ0n) is 9.98. The van der Waals surface area contributed by atoms with Crippen molar-refractivity contribution in [1.29, 1.82) is 0 Å². The summed E-state index contributed by atoms with van der Waals surface area (Å²) < 4.78 is 3.44. The fourth-order valence-electron chi connectivity index (χ4n) is 2.01. The van der Waals surface area contributed by atoms with Gasteiger partial charge in [0.2, 0.25) is 0 Å². The molecule has 0 aliphatic heterocycles. The number of hydrogen-bond acceptors (Lipinski definition) is 0. The van der Waals surface area contributed by atoms with Crippen molar-refractivity contribution < 1.29 is 17.1 Å². The van der Waals surface area contributed by atoms with Crippen molar-refractivity contribution in [3.8, 4) is 0 Å². The minimum atomic E-state index is 0.360. The fraction of sp³-hybridized carbons (Fsp3) is 0.467. The fourth-order valence-corrected chi connectivity index (χ4v) is 4.41. The van der Waals surface area contributed by atoms with Crippen LogP contribution in [0.3, 0.4) is 0 Å². The van der Waals surface area contributed by atoms with E-state index in [-0.39, 0.29) is 0 Å². The first-order chi connectivity index (χ1) is 7.90. The van der Waals surface area contributed by atoms with Crippen LogP contribution >= 0.6 is 0 Å². The third-order valence-corrected chi connectivity index (χ3v) is 5.58. The summed E-state index contributed by atoms with van der Waals surface area (Å²) in [6, 6.07) is 0. The summed E-state index contributed by atoms with van der Waals surface area (Å²) in [5.41, 5.74) is 1.67. The summed E-state index contributed by atoms with van der Waals surface area (Å²) in [5.74, 6) is 0. The molecule has 1 heteroatoms. The van der Waals surface area contributed by atoms with Gasteiger partial charge in [0.25, 0.3) is 0 Å². The average Bonchev–Trinajstić information content (AvgIpc) is 2.92. The summed E-state index contributed by atoms with van der Waals surface area (Å²) in [4.78, 5) is 0. The van der Waals surface area contributed by atoms with Crippen LogP contribution in [-0.4, -0.2) is 0 Å². The van der Waals surface area contributed by atoms with Gasteiger partial charge in [0, 0.05) is 0 Å². The molecule has 0 aromatic rings. The molecule has 0 atom stereocenters. The molecule has 0 fully saturated rings. The van der Waals surface area contributed by atoms with Crippen LogP contribution in [0.25, 0.3) is 0 Å². The molecule has 0 saturated heterocycles. The van der Waals surface area contributed by atoms with E-state index in [4.69, 9.17) is 0 Å². The molecule has 0 spiro atoms. The summed E-state index contributed by atoms with van der Waals surface area (Å²) in [6.45, 7) is 2.28. The molecule has 0 nitrogen and oxygen atoms in total. The molecule has 0 unspecified atom stereocenters. The van der Waals surface area contributed by atoms with Gasteiger partial charge in [0.05, 0.1) is 0 Å². The number of hydrogen-bond donors (Lipinski definition) is 0. The third-order valence-electron chi connectivity index (χ3n) is 2.94. The Morgan fingerprint density at radius 1 is 1.19 bits per heavy atom. The van der Waals surface area contributed by atoms with E-state index >= 15 is 0 Å². The van der Waals surface area contributed by atoms with Crippen molar-refractivity contribution in [3.05, 3.63) is 44.3 Å². The SMILES string of the molecule is CCCCCC1=[C]([Ru][C]2=CC=CC2)CC=C1. The van der Waals surface area contributed by atoms with Gasteiger partial charge in [0.15, 0.2) is 0 Å². The zero-order chi connectivity index (χ0) is 11.2. The number of allylic oxidation sites excluding steroid dienone is 8. The Bertz CT molecular complexity index is 356. The van der Waals surface area contributed by atoms with Crippen molar-refractivity contribution in [2.75, 3.05) is 0 Å². The van der Waals surface area contributed by atoms with E-state index < -0.39 is 0 Å². The molecule has 0 radical (unpaired) electrons. The molecular weight excluding hydrogens is 281 g/mol. The third kappa shape index (κ3) is 3.29. The van der Waals surface area contributed by atoms with E-state index in [1.54, 1.807) is 13.9 Å². The van der Waals surface area contributed by atoms with E-state index in [0.29, 0.717) is 17.1 Å². The summed E-state index contributed by atoms with van der Waals surface area (Å²) in [6.07, 6.45) is 19.4. The first kappa shape index (κ1) is 12.1. The summed E-state index contributed by atoms with van der Waals surface area (Å²) in [5, 5.41) is 0. The van der Waals surface area contributed by atoms with Gasteiger partial charge in [-0.05, 0) is 0 Å². The molecule has 2 aliphatic carbocycles. The van der Waals surface area contributed by atoms with Crippen LogP contribution in [0.1, 0.15) is 45.4 Å². The predicted molar refractivity (Wildman–Crippen MR) is 66.8 cm³/mol. The quantitative estimate of drug-likeness (QED) is 0.492. The van der Waals surface area contributed by atoms with Crippen molar-refractivity contribution in [2.45, 2.75) is 45.4 Å². The second kappa shape index (κ2) is 6.35. The molecule has 0 saturated carbocycles. The first-order valence-corrected chi connectivity index (χ1v) is 8.00. The van der Waals surface area contributed by atoms with Crippen LogP contribution in [0.15, 0.2) is 44.3 Å². The molecule has 2 rings (SSSR count). The van der Waals surface area contributed by atoms with E-state index in [1.165, 1.54) is 38.5 Å². The van der Waals surface area contributed by atoms with Gasteiger partial charge in [-0.2, -0.15) is 0 Å². The second-order valence-corrected chi connectivity index (χ2v) is 6.90. The van der Waals surface area contributed by atoms with Crippen LogP contribution in [0, 0.1) is 0 Å². The van der Waals surface area contributed by atoms with Gasteiger partial charge in [-0.1, -0.05) is 0 Å². The Labute approximate surface area is 107 Å². The molecule has 2 aliphatic rings. The average molecular weight is 301 g/mol. The van der Waals surface area contributed by atoms with E-state index in [1.807, 2.05) is 0 Å². The number of unbranched alkanes of at least 4 members (excludes halogenated alkanes) is 2. The van der Waals surface area contributed by atoms with Crippen LogP contribution in [0.2, 0.25) is 0 Å². The van der Waals surface area contributed by atoms with Crippen molar-refractivity contribution in [3.63, 3.8) is 0 Å². The predicted octanol–water partition coefficient (Wildman–Crippen LogP) is 4.71. The Balaban J connectivity index is 1.88. The Morgan fingerprint density at radius 2 is 2.12 bits per heavy atom. The topological polar surface area (TPSA) is 0 Å².